The summed E-state index contributed by atoms with van der Waals surface area (Å²) in [6, 6.07) is -0.314. The third-order valence-electron chi connectivity index (χ3n) is 14.4. The quantitative estimate of drug-likeness (QED) is 0.216. The van der Waals surface area contributed by atoms with Gasteiger partial charge in [0.25, 0.3) is 0 Å². The van der Waals surface area contributed by atoms with E-state index in [1.165, 1.54) is 6.92 Å². The predicted octanol–water partition coefficient (Wildman–Crippen LogP) is 5.13. The molecule has 3 N–H and O–H groups in total. The minimum atomic E-state index is -1.84. The second-order valence-corrected chi connectivity index (χ2v) is 19.5. The minimum absolute atomic E-state index is 0.0266. The maximum absolute atomic E-state index is 14.3. The van der Waals surface area contributed by atoms with Crippen molar-refractivity contribution in [3.05, 3.63) is 59.3 Å². The molecule has 19 unspecified atom stereocenters. The average molecular weight is 900 g/mol. The smallest absolute Gasteiger partial charge is 0.316 e. The molecule has 0 aromatic carbocycles. The molecule has 0 radical (unpaired) electrons. The van der Waals surface area contributed by atoms with Gasteiger partial charge in [-0.05, 0) is 62.8 Å². The van der Waals surface area contributed by atoms with Crippen LogP contribution in [0.1, 0.15) is 94.4 Å². The van der Waals surface area contributed by atoms with E-state index < -0.39 is 84.7 Å². The Labute approximate surface area is 378 Å². The molecule has 0 aromatic heterocycles. The number of allylic oxidation sites excluding steroid dienone is 2. The number of aliphatic hydroxyl groups excluding tert-OH is 1. The van der Waals surface area contributed by atoms with Crippen LogP contribution >= 0.6 is 0 Å². The van der Waals surface area contributed by atoms with Crippen molar-refractivity contribution < 1.29 is 67.2 Å². The molecule has 1 spiro atoms. The van der Waals surface area contributed by atoms with Gasteiger partial charge in [-0.1, -0.05) is 64.2 Å². The van der Waals surface area contributed by atoms with Crippen molar-refractivity contribution in [3.63, 3.8) is 0 Å². The van der Waals surface area contributed by atoms with Gasteiger partial charge in [-0.3, -0.25) is 9.59 Å². The van der Waals surface area contributed by atoms with E-state index in [2.05, 4.69) is 45.2 Å². The fraction of sp³-hybridized carbons (Fsp3) is 0.755. The van der Waals surface area contributed by atoms with E-state index in [1.54, 1.807) is 33.3 Å². The van der Waals surface area contributed by atoms with Crippen LogP contribution in [0.4, 0.5) is 0 Å². The molecule has 64 heavy (non-hydrogen) atoms. The van der Waals surface area contributed by atoms with Gasteiger partial charge in [0.2, 0.25) is 5.91 Å². The van der Waals surface area contributed by atoms with Crippen LogP contribution in [0.25, 0.3) is 0 Å². The molecule has 19 atom stereocenters. The topological polar surface area (TPSA) is 179 Å². The fourth-order valence-corrected chi connectivity index (χ4v) is 10.9. The van der Waals surface area contributed by atoms with Gasteiger partial charge in [-0.25, -0.2) is 0 Å². The van der Waals surface area contributed by atoms with Crippen molar-refractivity contribution in [2.45, 2.75) is 192 Å². The molecule has 1 aliphatic carbocycles. The first kappa shape index (κ1) is 49.1. The molecule has 1 amide bonds. The highest BCUT2D eigenvalue weighted by atomic mass is 16.7. The Morgan fingerprint density at radius 1 is 0.906 bits per heavy atom. The monoisotopic (exact) mass is 900 g/mol. The number of methoxy groups -OCH3 is 2. The first-order valence-electron chi connectivity index (χ1n) is 23.3. The van der Waals surface area contributed by atoms with Gasteiger partial charge < -0.3 is 62.9 Å². The predicted molar refractivity (Wildman–Crippen MR) is 234 cm³/mol. The number of carbonyl (C=O) groups is 2. The summed E-state index contributed by atoms with van der Waals surface area (Å²) in [6.07, 6.45) is 8.46. The zero-order chi connectivity index (χ0) is 46.2. The standard InChI is InChI=1S/C49H73NO14/c1-25(2)43-28(5)17-18-48(64-43)23-35-20-34(63-48)16-15-27(4)44(26(3)13-12-14-33-24-57-46-42(52)29(6)19-36(47(53)60-35)49(33,46)54)61-40-22-38(56-11)45(31(8)59-40)62-39-21-37(55-10)41(30(7)58-39)50-32(9)51/h12-15,17-19,25-26,28,30-31,34-46,52,54H,16,20-24H2,1-11H3,(H,50,51)/b13-12+,27-15?,33-14?. The molecule has 6 aliphatic heterocycles. The van der Waals surface area contributed by atoms with Gasteiger partial charge in [-0.2, -0.15) is 0 Å². The van der Waals surface area contributed by atoms with Gasteiger partial charge in [0.15, 0.2) is 18.4 Å². The molecule has 0 saturated carbocycles. The van der Waals surface area contributed by atoms with Crippen LogP contribution in [-0.4, -0.2) is 140 Å². The Morgan fingerprint density at radius 2 is 1.61 bits per heavy atom. The number of aliphatic hydroxyl groups is 2. The maximum Gasteiger partial charge on any atom is 0.316 e. The van der Waals surface area contributed by atoms with Crippen molar-refractivity contribution in [1.29, 1.82) is 0 Å². The normalized spacial score (nSPS) is 45.8. The Balaban J connectivity index is 1.16. The van der Waals surface area contributed by atoms with E-state index in [-0.39, 0.29) is 61.0 Å². The van der Waals surface area contributed by atoms with Gasteiger partial charge in [-0.15, -0.1) is 0 Å². The zero-order valence-electron chi connectivity index (χ0n) is 39.5. The second-order valence-electron chi connectivity index (χ2n) is 19.5. The van der Waals surface area contributed by atoms with E-state index in [1.807, 2.05) is 39.0 Å². The van der Waals surface area contributed by atoms with Crippen LogP contribution < -0.4 is 5.32 Å². The van der Waals surface area contributed by atoms with Crippen molar-refractivity contribution in [2.75, 3.05) is 20.8 Å². The van der Waals surface area contributed by atoms with Crippen molar-refractivity contribution in [2.24, 2.45) is 23.7 Å². The van der Waals surface area contributed by atoms with Crippen LogP contribution in [0.5, 0.6) is 0 Å². The molecule has 6 heterocycles. The molecule has 0 aromatic rings. The number of amides is 1. The molecule has 2 bridgehead atoms. The fourth-order valence-electron chi connectivity index (χ4n) is 10.9. The number of hydrogen-bond donors (Lipinski definition) is 3. The highest BCUT2D eigenvalue weighted by Crippen LogP contribution is 2.47. The summed E-state index contributed by atoms with van der Waals surface area (Å²) >= 11 is 0. The SMILES string of the molecule is COC1CC(OC2C(C)OC(OC3C(C)=CCC4CC(CC5(C=CC(C)C(C(C)C)O5)O4)OC(=O)C4C=C(C)C(O)C5OCC(=C/C=C/C3C)C45O)CC2OC)OC(C)C1NC(C)=O. The van der Waals surface area contributed by atoms with E-state index in [0.29, 0.717) is 36.8 Å². The van der Waals surface area contributed by atoms with Crippen LogP contribution in [-0.2, 0) is 57.0 Å². The first-order chi connectivity index (χ1) is 30.4. The van der Waals surface area contributed by atoms with Crippen molar-refractivity contribution in [1.82, 2.24) is 5.32 Å². The second kappa shape index (κ2) is 20.2. The molecular weight excluding hydrogens is 827 g/mol. The van der Waals surface area contributed by atoms with Crippen LogP contribution in [0, 0.1) is 23.7 Å². The lowest BCUT2D eigenvalue weighted by Gasteiger charge is -2.48. The van der Waals surface area contributed by atoms with Crippen LogP contribution in [0.2, 0.25) is 0 Å². The lowest BCUT2D eigenvalue weighted by Crippen LogP contribution is -2.58. The Morgan fingerprint density at radius 3 is 2.31 bits per heavy atom. The number of carbonyl (C=O) groups excluding carboxylic acids is 2. The molecule has 7 rings (SSSR count). The number of hydrogen-bond acceptors (Lipinski definition) is 14. The van der Waals surface area contributed by atoms with E-state index in [9.17, 15) is 19.8 Å². The summed E-state index contributed by atoms with van der Waals surface area (Å²) in [5.41, 5.74) is 0.112. The summed E-state index contributed by atoms with van der Waals surface area (Å²) in [5.74, 6) is -2.81. The number of esters is 1. The van der Waals surface area contributed by atoms with Crippen molar-refractivity contribution in [3.8, 4) is 0 Å². The van der Waals surface area contributed by atoms with Crippen LogP contribution in [0.3, 0.4) is 0 Å². The third kappa shape index (κ3) is 10.2. The average Bonchev–Trinajstić information content (AvgIpc) is 3.58. The number of rotatable bonds is 8. The van der Waals surface area contributed by atoms with Gasteiger partial charge in [0.1, 0.15) is 35.9 Å². The molecule has 15 nitrogen and oxygen atoms in total. The van der Waals surface area contributed by atoms with E-state index in [0.717, 1.165) is 5.57 Å². The Bertz CT molecular complexity index is 1830. The van der Waals surface area contributed by atoms with Crippen molar-refractivity contribution >= 4 is 11.9 Å². The molecule has 4 saturated heterocycles. The molecular formula is C49H73NO14. The molecule has 7 aliphatic rings. The summed E-state index contributed by atoms with van der Waals surface area (Å²) in [6.45, 7) is 17.5. The zero-order valence-corrected chi connectivity index (χ0v) is 39.5. The highest BCUT2D eigenvalue weighted by molar-refractivity contribution is 5.78. The van der Waals surface area contributed by atoms with Gasteiger partial charge in [0, 0.05) is 58.7 Å². The summed E-state index contributed by atoms with van der Waals surface area (Å²) in [5, 5.41) is 26.7. The molecule has 358 valence electrons. The Kier molecular flexibility index (Phi) is 15.5. The molecule has 15 heteroatoms. The first-order valence-corrected chi connectivity index (χ1v) is 23.3. The summed E-state index contributed by atoms with van der Waals surface area (Å²) in [7, 11) is 3.27. The number of nitrogens with one attached hydrogen (secondary N) is 1. The third-order valence-corrected chi connectivity index (χ3v) is 14.4. The van der Waals surface area contributed by atoms with E-state index >= 15 is 0 Å². The summed E-state index contributed by atoms with van der Waals surface area (Å²) in [4.78, 5) is 26.2. The van der Waals surface area contributed by atoms with Gasteiger partial charge >= 0.3 is 5.97 Å². The maximum atomic E-state index is 14.3. The molecule has 4 fully saturated rings. The Hall–Kier alpha value is -2.80. The minimum Gasteiger partial charge on any atom is -0.462 e. The van der Waals surface area contributed by atoms with Crippen LogP contribution in [0.15, 0.2) is 59.3 Å². The number of ether oxygens (including phenoxy) is 10. The summed E-state index contributed by atoms with van der Waals surface area (Å²) < 4.78 is 64.2. The lowest BCUT2D eigenvalue weighted by molar-refractivity contribution is -0.311. The van der Waals surface area contributed by atoms with Gasteiger partial charge in [0.05, 0.1) is 55.4 Å². The largest absolute Gasteiger partial charge is 0.462 e. The van der Waals surface area contributed by atoms with E-state index in [4.69, 9.17) is 47.4 Å². The lowest BCUT2D eigenvalue weighted by atomic mass is 9.71. The highest BCUT2D eigenvalue weighted by Gasteiger charge is 2.60. The number of fused-ring (bicyclic) bond motifs is 2.